The molecular weight excluding hydrogens is 210 g/mol. The van der Waals surface area contributed by atoms with Gasteiger partial charge in [-0.25, -0.2) is 4.79 Å². The Labute approximate surface area is 92.4 Å². The number of amides is 1. The highest BCUT2D eigenvalue weighted by molar-refractivity contribution is 5.96. The van der Waals surface area contributed by atoms with Crippen molar-refractivity contribution >= 4 is 11.9 Å². The van der Waals surface area contributed by atoms with E-state index >= 15 is 0 Å². The molecule has 0 unspecified atom stereocenters. The van der Waals surface area contributed by atoms with Crippen molar-refractivity contribution in [3.05, 3.63) is 23.7 Å². The van der Waals surface area contributed by atoms with E-state index in [4.69, 9.17) is 9.52 Å². The lowest BCUT2D eigenvalue weighted by Crippen LogP contribution is -2.59. The van der Waals surface area contributed by atoms with Gasteiger partial charge in [0.15, 0.2) is 5.76 Å². The normalized spacial score (nSPS) is 17.6. The van der Waals surface area contributed by atoms with E-state index in [1.165, 1.54) is 0 Å². The second-order valence-corrected chi connectivity index (χ2v) is 4.11. The Bertz CT molecular complexity index is 431. The Morgan fingerprint density at radius 2 is 2.12 bits per heavy atom. The molecule has 1 aliphatic rings. The van der Waals surface area contributed by atoms with Crippen LogP contribution in [0.4, 0.5) is 0 Å². The highest BCUT2D eigenvalue weighted by atomic mass is 16.4. The summed E-state index contributed by atoms with van der Waals surface area (Å²) >= 11 is 0. The molecule has 0 bridgehead atoms. The molecular formula is C11H13NO4. The van der Waals surface area contributed by atoms with E-state index in [-0.39, 0.29) is 5.76 Å². The van der Waals surface area contributed by atoms with Crippen LogP contribution >= 0.6 is 0 Å². The third-order valence-corrected chi connectivity index (χ3v) is 2.93. The van der Waals surface area contributed by atoms with Gasteiger partial charge in [0, 0.05) is 0 Å². The van der Waals surface area contributed by atoms with Crippen molar-refractivity contribution < 1.29 is 19.1 Å². The van der Waals surface area contributed by atoms with Gasteiger partial charge in [0.05, 0.1) is 0 Å². The molecule has 1 aromatic heterocycles. The third-order valence-electron chi connectivity index (χ3n) is 2.93. The van der Waals surface area contributed by atoms with Crippen LogP contribution in [0.15, 0.2) is 16.5 Å². The summed E-state index contributed by atoms with van der Waals surface area (Å²) in [6.45, 7) is 1.73. The Morgan fingerprint density at radius 3 is 2.50 bits per heavy atom. The maximum Gasteiger partial charge on any atom is 0.329 e. The molecule has 0 saturated heterocycles. The first-order valence-corrected chi connectivity index (χ1v) is 5.16. The van der Waals surface area contributed by atoms with Crippen LogP contribution in [-0.2, 0) is 4.79 Å². The van der Waals surface area contributed by atoms with Gasteiger partial charge >= 0.3 is 5.97 Å². The number of carbonyl (C=O) groups is 2. The van der Waals surface area contributed by atoms with Gasteiger partial charge in [-0.2, -0.15) is 0 Å². The summed E-state index contributed by atoms with van der Waals surface area (Å²) < 4.78 is 5.13. The van der Waals surface area contributed by atoms with Crippen LogP contribution in [0.5, 0.6) is 0 Å². The molecule has 2 rings (SSSR count). The first-order valence-electron chi connectivity index (χ1n) is 5.16. The molecule has 1 aliphatic carbocycles. The van der Waals surface area contributed by atoms with Gasteiger partial charge in [0.25, 0.3) is 5.91 Å². The van der Waals surface area contributed by atoms with E-state index in [0.29, 0.717) is 18.6 Å². The second kappa shape index (κ2) is 3.66. The zero-order chi connectivity index (χ0) is 11.8. The molecule has 0 spiro atoms. The highest BCUT2D eigenvalue weighted by Gasteiger charge is 2.46. The predicted molar refractivity (Wildman–Crippen MR) is 55.1 cm³/mol. The molecule has 0 atom stereocenters. The van der Waals surface area contributed by atoms with Crippen molar-refractivity contribution in [1.29, 1.82) is 0 Å². The van der Waals surface area contributed by atoms with E-state index in [2.05, 4.69) is 5.32 Å². The van der Waals surface area contributed by atoms with Gasteiger partial charge < -0.3 is 14.8 Å². The molecule has 16 heavy (non-hydrogen) atoms. The summed E-state index contributed by atoms with van der Waals surface area (Å²) in [6, 6.07) is 3.21. The van der Waals surface area contributed by atoms with Crippen LogP contribution < -0.4 is 5.32 Å². The Kier molecular flexibility index (Phi) is 2.46. The Hall–Kier alpha value is -1.78. The summed E-state index contributed by atoms with van der Waals surface area (Å²) in [5.41, 5.74) is -1.09. The zero-order valence-electron chi connectivity index (χ0n) is 8.95. The zero-order valence-corrected chi connectivity index (χ0v) is 8.95. The summed E-state index contributed by atoms with van der Waals surface area (Å²) in [5, 5.41) is 11.6. The highest BCUT2D eigenvalue weighted by Crippen LogP contribution is 2.32. The average Bonchev–Trinajstić information content (AvgIpc) is 2.57. The van der Waals surface area contributed by atoms with Crippen LogP contribution in [0.3, 0.4) is 0 Å². The lowest BCUT2D eigenvalue weighted by atomic mass is 9.76. The van der Waals surface area contributed by atoms with E-state index in [1.54, 1.807) is 19.1 Å². The predicted octanol–water partition coefficient (Wildman–Crippen LogP) is 1.33. The fraction of sp³-hybridized carbons (Fsp3) is 0.455. The number of nitrogens with one attached hydrogen (secondary N) is 1. The monoisotopic (exact) mass is 223 g/mol. The lowest BCUT2D eigenvalue weighted by Gasteiger charge is -2.37. The quantitative estimate of drug-likeness (QED) is 0.810. The van der Waals surface area contributed by atoms with Gasteiger partial charge in [0.1, 0.15) is 11.3 Å². The molecule has 86 valence electrons. The van der Waals surface area contributed by atoms with Gasteiger partial charge in [-0.05, 0) is 38.3 Å². The number of hydrogen-bond donors (Lipinski definition) is 2. The summed E-state index contributed by atoms with van der Waals surface area (Å²) in [6.07, 6.45) is 1.78. The second-order valence-electron chi connectivity index (χ2n) is 4.11. The molecule has 0 aliphatic heterocycles. The largest absolute Gasteiger partial charge is 0.480 e. The minimum atomic E-state index is -1.09. The van der Waals surface area contributed by atoms with Crippen molar-refractivity contribution in [2.45, 2.75) is 31.7 Å². The smallest absolute Gasteiger partial charge is 0.329 e. The van der Waals surface area contributed by atoms with E-state index in [0.717, 1.165) is 6.42 Å². The molecule has 0 radical (unpaired) electrons. The standard InChI is InChI=1S/C11H13NO4/c1-7-3-4-8(16-7)9(13)12-11(10(14)15)5-2-6-11/h3-4H,2,5-6H2,1H3,(H,12,13)(H,14,15). The maximum atomic E-state index is 11.7. The van der Waals surface area contributed by atoms with Crippen molar-refractivity contribution in [1.82, 2.24) is 5.32 Å². The first-order chi connectivity index (χ1) is 7.53. The van der Waals surface area contributed by atoms with Crippen LogP contribution in [0.2, 0.25) is 0 Å². The number of carbonyl (C=O) groups excluding carboxylic acids is 1. The topological polar surface area (TPSA) is 79.5 Å². The van der Waals surface area contributed by atoms with E-state index < -0.39 is 17.4 Å². The van der Waals surface area contributed by atoms with Gasteiger partial charge in [-0.1, -0.05) is 0 Å². The van der Waals surface area contributed by atoms with Crippen LogP contribution in [-0.4, -0.2) is 22.5 Å². The summed E-state index contributed by atoms with van der Waals surface area (Å²) in [7, 11) is 0. The Morgan fingerprint density at radius 1 is 1.44 bits per heavy atom. The number of aliphatic carboxylic acids is 1. The number of rotatable bonds is 3. The first kappa shape index (κ1) is 10.7. The molecule has 0 aromatic carbocycles. The summed E-state index contributed by atoms with van der Waals surface area (Å²) in [4.78, 5) is 22.7. The average molecular weight is 223 g/mol. The number of carboxylic acids is 1. The maximum absolute atomic E-state index is 11.7. The SMILES string of the molecule is Cc1ccc(C(=O)NC2(C(=O)O)CCC2)o1. The molecule has 1 amide bonds. The van der Waals surface area contributed by atoms with Crippen LogP contribution in [0, 0.1) is 6.92 Å². The fourth-order valence-electron chi connectivity index (χ4n) is 1.76. The molecule has 1 saturated carbocycles. The number of furan rings is 1. The third kappa shape index (κ3) is 1.68. The number of carboxylic acid groups (broad SMARTS) is 1. The molecule has 1 fully saturated rings. The number of hydrogen-bond acceptors (Lipinski definition) is 3. The molecule has 2 N–H and O–H groups in total. The van der Waals surface area contributed by atoms with E-state index in [9.17, 15) is 9.59 Å². The molecule has 5 heteroatoms. The van der Waals surface area contributed by atoms with Crippen molar-refractivity contribution in [2.75, 3.05) is 0 Å². The summed E-state index contributed by atoms with van der Waals surface area (Å²) in [5.74, 6) is -0.654. The lowest BCUT2D eigenvalue weighted by molar-refractivity contribution is -0.148. The van der Waals surface area contributed by atoms with Gasteiger partial charge in [0.2, 0.25) is 0 Å². The molecule has 5 nitrogen and oxygen atoms in total. The minimum absolute atomic E-state index is 0.157. The number of aryl methyl sites for hydroxylation is 1. The van der Waals surface area contributed by atoms with Gasteiger partial charge in [-0.15, -0.1) is 0 Å². The van der Waals surface area contributed by atoms with Crippen molar-refractivity contribution in [3.8, 4) is 0 Å². The van der Waals surface area contributed by atoms with Gasteiger partial charge in [-0.3, -0.25) is 4.79 Å². The van der Waals surface area contributed by atoms with Crippen LogP contribution in [0.1, 0.15) is 35.6 Å². The van der Waals surface area contributed by atoms with Crippen molar-refractivity contribution in [3.63, 3.8) is 0 Å². The van der Waals surface area contributed by atoms with Crippen molar-refractivity contribution in [2.24, 2.45) is 0 Å². The minimum Gasteiger partial charge on any atom is -0.480 e. The van der Waals surface area contributed by atoms with Crippen LogP contribution in [0.25, 0.3) is 0 Å². The molecule has 1 aromatic rings. The van der Waals surface area contributed by atoms with E-state index in [1.807, 2.05) is 0 Å². The Balaban J connectivity index is 2.10. The molecule has 1 heterocycles. The fourth-order valence-corrected chi connectivity index (χ4v) is 1.76.